The van der Waals surface area contributed by atoms with Crippen LogP contribution < -0.4 is 10.5 Å². The molecule has 0 aliphatic heterocycles. The molecule has 3 rings (SSSR count). The highest BCUT2D eigenvalue weighted by Gasteiger charge is 2.21. The maximum absolute atomic E-state index is 11.8. The summed E-state index contributed by atoms with van der Waals surface area (Å²) in [6.45, 7) is 0.627. The van der Waals surface area contributed by atoms with Gasteiger partial charge in [-0.25, -0.2) is 13.6 Å². The second-order valence-electron chi connectivity index (χ2n) is 5.23. The van der Waals surface area contributed by atoms with Gasteiger partial charge in [0.1, 0.15) is 11.6 Å². The first kappa shape index (κ1) is 18.7. The number of anilines is 1. The molecule has 0 aliphatic carbocycles. The molecule has 0 aliphatic rings. The maximum Gasteiger partial charge on any atom is 0.239 e. The normalized spacial score (nSPS) is 11.7. The Morgan fingerprint density at radius 1 is 1.42 bits per heavy atom. The summed E-state index contributed by atoms with van der Waals surface area (Å²) in [6.07, 6.45) is 0. The first-order valence-electron chi connectivity index (χ1n) is 7.28. The lowest BCUT2D eigenvalue weighted by molar-refractivity contribution is 0.120. The molecule has 0 radical (unpaired) electrons. The van der Waals surface area contributed by atoms with Gasteiger partial charge in [0.2, 0.25) is 10.0 Å². The molecule has 0 saturated carbocycles. The van der Waals surface area contributed by atoms with Gasteiger partial charge in [0.15, 0.2) is 5.82 Å². The molecule has 3 N–H and O–H groups in total. The SMILES string of the molecule is COCn1nnnc1-c1cc(S(N)(=O)=O)c(Cl)cc1NCc1cccs1. The van der Waals surface area contributed by atoms with Crippen molar-refractivity contribution in [1.82, 2.24) is 20.2 Å². The number of nitrogens with two attached hydrogens (primary N) is 1. The van der Waals surface area contributed by atoms with Gasteiger partial charge < -0.3 is 10.1 Å². The number of halogens is 1. The van der Waals surface area contributed by atoms with Crippen LogP contribution in [0.25, 0.3) is 11.4 Å². The van der Waals surface area contributed by atoms with Crippen LogP contribution in [0.5, 0.6) is 0 Å². The zero-order valence-electron chi connectivity index (χ0n) is 13.6. The first-order valence-corrected chi connectivity index (χ1v) is 10.1. The quantitative estimate of drug-likeness (QED) is 0.604. The Bertz CT molecular complexity index is 1000. The maximum atomic E-state index is 11.8. The Hall–Kier alpha value is -2.05. The molecule has 3 aromatic rings. The van der Waals surface area contributed by atoms with Crippen LogP contribution in [0, 0.1) is 0 Å². The van der Waals surface area contributed by atoms with Gasteiger partial charge in [-0.1, -0.05) is 17.7 Å². The van der Waals surface area contributed by atoms with Crippen molar-refractivity contribution in [1.29, 1.82) is 0 Å². The molecule has 0 fully saturated rings. The molecule has 1 aromatic carbocycles. The van der Waals surface area contributed by atoms with E-state index in [9.17, 15) is 8.42 Å². The van der Waals surface area contributed by atoms with Gasteiger partial charge in [0, 0.05) is 29.8 Å². The van der Waals surface area contributed by atoms with Crippen molar-refractivity contribution in [3.05, 3.63) is 39.5 Å². The summed E-state index contributed by atoms with van der Waals surface area (Å²) in [4.78, 5) is 0.891. The van der Waals surface area contributed by atoms with Gasteiger partial charge in [-0.15, -0.1) is 16.4 Å². The molecule has 0 amide bonds. The van der Waals surface area contributed by atoms with E-state index in [-0.39, 0.29) is 16.6 Å². The molecule has 26 heavy (non-hydrogen) atoms. The summed E-state index contributed by atoms with van der Waals surface area (Å²) < 4.78 is 30.1. The van der Waals surface area contributed by atoms with Crippen LogP contribution in [0.1, 0.15) is 4.88 Å². The summed E-state index contributed by atoms with van der Waals surface area (Å²) in [5.74, 6) is 0.321. The van der Waals surface area contributed by atoms with Gasteiger partial charge in [-0.2, -0.15) is 4.68 Å². The van der Waals surface area contributed by atoms with Crippen LogP contribution in [0.4, 0.5) is 5.69 Å². The lowest BCUT2D eigenvalue weighted by Gasteiger charge is -2.14. The minimum absolute atomic E-state index is 0.00990. The number of methoxy groups -OCH3 is 1. The third-order valence-corrected chi connectivity index (χ3v) is 5.69. The van der Waals surface area contributed by atoms with Gasteiger partial charge in [-0.05, 0) is 34.0 Å². The summed E-state index contributed by atoms with van der Waals surface area (Å²) in [7, 11) is -2.51. The number of aromatic nitrogens is 4. The molecule has 2 heterocycles. The van der Waals surface area contributed by atoms with E-state index in [0.29, 0.717) is 23.6 Å². The third kappa shape index (κ3) is 4.02. The highest BCUT2D eigenvalue weighted by molar-refractivity contribution is 7.89. The van der Waals surface area contributed by atoms with Gasteiger partial charge in [0.05, 0.1) is 5.02 Å². The van der Waals surface area contributed by atoms with E-state index < -0.39 is 10.0 Å². The number of tetrazole rings is 1. The molecule has 2 aromatic heterocycles. The Morgan fingerprint density at radius 2 is 2.23 bits per heavy atom. The topological polar surface area (TPSA) is 125 Å². The molecular weight excluding hydrogens is 400 g/mol. The van der Waals surface area contributed by atoms with Crippen LogP contribution in [-0.2, 0) is 28.0 Å². The van der Waals surface area contributed by atoms with Gasteiger partial charge in [-0.3, -0.25) is 0 Å². The molecule has 0 saturated heterocycles. The van der Waals surface area contributed by atoms with Crippen molar-refractivity contribution in [3.63, 3.8) is 0 Å². The fraction of sp³-hybridized carbons (Fsp3) is 0.214. The molecule has 12 heteroatoms. The monoisotopic (exact) mass is 414 g/mol. The summed E-state index contributed by atoms with van der Waals surface area (Å²) in [5.41, 5.74) is 1.01. The summed E-state index contributed by atoms with van der Waals surface area (Å²) in [6, 6.07) is 6.77. The Balaban J connectivity index is 2.09. The zero-order chi connectivity index (χ0) is 18.7. The number of thiophene rings is 1. The van der Waals surface area contributed by atoms with E-state index in [1.165, 1.54) is 23.9 Å². The van der Waals surface area contributed by atoms with Gasteiger partial charge >= 0.3 is 0 Å². The highest BCUT2D eigenvalue weighted by atomic mass is 35.5. The number of primary sulfonamides is 1. The fourth-order valence-corrected chi connectivity index (χ4v) is 4.05. The second kappa shape index (κ2) is 7.68. The Kier molecular flexibility index (Phi) is 5.53. The number of hydrogen-bond donors (Lipinski definition) is 2. The van der Waals surface area contributed by atoms with E-state index >= 15 is 0 Å². The molecule has 0 atom stereocenters. The average molecular weight is 415 g/mol. The summed E-state index contributed by atoms with van der Waals surface area (Å²) >= 11 is 7.72. The largest absolute Gasteiger partial charge is 0.380 e. The molecule has 0 unspecified atom stereocenters. The Morgan fingerprint density at radius 3 is 2.88 bits per heavy atom. The molecule has 0 spiro atoms. The molecule has 0 bridgehead atoms. The Labute approximate surface area is 158 Å². The van der Waals surface area contributed by atoms with Crippen LogP contribution in [-0.4, -0.2) is 35.7 Å². The number of nitrogens with zero attached hydrogens (tertiary/aromatic N) is 4. The molecule has 9 nitrogen and oxygen atoms in total. The second-order valence-corrected chi connectivity index (χ2v) is 8.20. The van der Waals surface area contributed by atoms with E-state index in [2.05, 4.69) is 20.8 Å². The number of hydrogen-bond acceptors (Lipinski definition) is 8. The summed E-state index contributed by atoms with van der Waals surface area (Å²) in [5, 5.41) is 21.9. The van der Waals surface area contributed by atoms with Crippen LogP contribution >= 0.6 is 22.9 Å². The molecular formula is C14H15ClN6O3S2. The van der Waals surface area contributed by atoms with E-state index in [0.717, 1.165) is 4.88 Å². The number of sulfonamides is 1. The first-order chi connectivity index (χ1) is 12.4. The lowest BCUT2D eigenvalue weighted by Crippen LogP contribution is -2.14. The number of ether oxygens (including phenoxy) is 1. The van der Waals surface area contributed by atoms with Crippen LogP contribution in [0.15, 0.2) is 34.5 Å². The smallest absolute Gasteiger partial charge is 0.239 e. The van der Waals surface area contributed by atoms with Crippen molar-refractivity contribution < 1.29 is 13.2 Å². The van der Waals surface area contributed by atoms with Crippen molar-refractivity contribution in [2.45, 2.75) is 18.2 Å². The highest BCUT2D eigenvalue weighted by Crippen LogP contribution is 2.34. The van der Waals surface area contributed by atoms with Crippen molar-refractivity contribution in [3.8, 4) is 11.4 Å². The van der Waals surface area contributed by atoms with E-state index in [1.807, 2.05) is 17.5 Å². The zero-order valence-corrected chi connectivity index (χ0v) is 16.0. The standard InChI is InChI=1S/C14H15ClN6O3S2/c1-24-8-21-14(18-19-20-21)10-5-13(26(16,22)23)11(15)6-12(10)17-7-9-3-2-4-25-9/h2-6,17H,7-8H2,1H3,(H2,16,22,23). The van der Waals surface area contributed by atoms with Crippen molar-refractivity contribution in [2.75, 3.05) is 12.4 Å². The predicted molar refractivity (Wildman–Crippen MR) is 98.3 cm³/mol. The van der Waals surface area contributed by atoms with Crippen molar-refractivity contribution in [2.24, 2.45) is 5.14 Å². The number of rotatable bonds is 7. The lowest BCUT2D eigenvalue weighted by atomic mass is 10.1. The third-order valence-electron chi connectivity index (χ3n) is 3.44. The van der Waals surface area contributed by atoms with Crippen LogP contribution in [0.2, 0.25) is 5.02 Å². The van der Waals surface area contributed by atoms with Crippen molar-refractivity contribution >= 4 is 38.6 Å². The van der Waals surface area contributed by atoms with Crippen LogP contribution in [0.3, 0.4) is 0 Å². The van der Waals surface area contributed by atoms with Gasteiger partial charge in [0.25, 0.3) is 0 Å². The van der Waals surface area contributed by atoms with E-state index in [1.54, 1.807) is 11.3 Å². The average Bonchev–Trinajstić information content (AvgIpc) is 3.24. The minimum atomic E-state index is -4.01. The number of benzene rings is 1. The molecule has 138 valence electrons. The van der Waals surface area contributed by atoms with E-state index in [4.69, 9.17) is 21.5 Å². The minimum Gasteiger partial charge on any atom is -0.380 e. The predicted octanol–water partition coefficient (Wildman–Crippen LogP) is 1.92. The number of nitrogens with one attached hydrogen (secondary N) is 1. The fourth-order valence-electron chi connectivity index (χ4n) is 2.30.